The van der Waals surface area contributed by atoms with E-state index < -0.39 is 12.1 Å². The zero-order valence-corrected chi connectivity index (χ0v) is 17.2. The number of amides is 1. The Balaban J connectivity index is 0.000000339. The van der Waals surface area contributed by atoms with Crippen molar-refractivity contribution >= 4 is 11.9 Å². The van der Waals surface area contributed by atoms with Crippen LogP contribution in [-0.2, 0) is 21.3 Å². The summed E-state index contributed by atoms with van der Waals surface area (Å²) in [4.78, 5) is 28.2. The third-order valence-corrected chi connectivity index (χ3v) is 5.81. The minimum absolute atomic E-state index is 0.0299. The molecule has 31 heavy (non-hydrogen) atoms. The second-order valence-electron chi connectivity index (χ2n) is 7.83. The van der Waals surface area contributed by atoms with E-state index in [1.165, 1.54) is 0 Å². The Morgan fingerprint density at radius 1 is 1.23 bits per heavy atom. The number of halogens is 3. The van der Waals surface area contributed by atoms with Gasteiger partial charge in [-0.3, -0.25) is 9.69 Å². The topological polar surface area (TPSA) is 106 Å². The number of ether oxygens (including phenoxy) is 2. The fourth-order valence-corrected chi connectivity index (χ4v) is 4.37. The van der Waals surface area contributed by atoms with Crippen molar-refractivity contribution < 1.29 is 37.3 Å². The van der Waals surface area contributed by atoms with Crippen LogP contribution < -0.4 is 5.32 Å². The summed E-state index contributed by atoms with van der Waals surface area (Å²) in [7, 11) is 1.84. The minimum Gasteiger partial charge on any atom is -0.475 e. The molecule has 0 spiro atoms. The van der Waals surface area contributed by atoms with Crippen LogP contribution in [0.5, 0.6) is 0 Å². The average Bonchev–Trinajstić information content (AvgIpc) is 3.32. The van der Waals surface area contributed by atoms with Crippen LogP contribution in [-0.4, -0.2) is 88.2 Å². The Hall–Kier alpha value is -2.18. The van der Waals surface area contributed by atoms with Crippen molar-refractivity contribution in [3.8, 4) is 0 Å². The van der Waals surface area contributed by atoms with E-state index in [2.05, 4.69) is 15.2 Å². The molecular formula is C19H27F3N4O5. The highest BCUT2D eigenvalue weighted by atomic mass is 19.4. The predicted molar refractivity (Wildman–Crippen MR) is 101 cm³/mol. The molecule has 4 heterocycles. The van der Waals surface area contributed by atoms with Crippen molar-refractivity contribution in [2.45, 2.75) is 56.1 Å². The molecule has 3 fully saturated rings. The van der Waals surface area contributed by atoms with Crippen LogP contribution in [0.2, 0.25) is 0 Å². The average molecular weight is 448 g/mol. The molecule has 0 unspecified atom stereocenters. The largest absolute Gasteiger partial charge is 0.490 e. The number of rotatable bonds is 3. The second kappa shape index (κ2) is 9.96. The molecule has 3 atom stereocenters. The maximum Gasteiger partial charge on any atom is 0.490 e. The normalized spacial score (nSPS) is 27.2. The smallest absolute Gasteiger partial charge is 0.475 e. The lowest BCUT2D eigenvalue weighted by atomic mass is 9.99. The van der Waals surface area contributed by atoms with Gasteiger partial charge in [-0.15, -0.1) is 0 Å². The molecule has 0 saturated carbocycles. The molecule has 12 heteroatoms. The summed E-state index contributed by atoms with van der Waals surface area (Å²) in [5.74, 6) is -2.42. The molecule has 0 bridgehead atoms. The van der Waals surface area contributed by atoms with Crippen LogP contribution in [0.15, 0.2) is 12.4 Å². The lowest BCUT2D eigenvalue weighted by molar-refractivity contribution is -0.192. The molecule has 0 aromatic carbocycles. The van der Waals surface area contributed by atoms with Gasteiger partial charge in [0.05, 0.1) is 12.1 Å². The van der Waals surface area contributed by atoms with Crippen LogP contribution in [0, 0.1) is 0 Å². The number of fused-ring (bicyclic) bond motifs is 1. The van der Waals surface area contributed by atoms with Crippen LogP contribution in [0.3, 0.4) is 0 Å². The highest BCUT2D eigenvalue weighted by Gasteiger charge is 2.47. The van der Waals surface area contributed by atoms with Gasteiger partial charge in [0.1, 0.15) is 0 Å². The molecule has 1 aromatic heterocycles. The zero-order chi connectivity index (χ0) is 22.6. The third-order valence-electron chi connectivity index (χ3n) is 5.81. The molecule has 4 rings (SSSR count). The van der Waals surface area contributed by atoms with Gasteiger partial charge in [-0.2, -0.15) is 13.2 Å². The van der Waals surface area contributed by atoms with E-state index >= 15 is 0 Å². The molecule has 174 valence electrons. The molecule has 0 aliphatic carbocycles. The first-order chi connectivity index (χ1) is 14.7. The monoisotopic (exact) mass is 448 g/mol. The summed E-state index contributed by atoms with van der Waals surface area (Å²) in [6.07, 6.45) is 2.84. The number of carboxylic acid groups (broad SMARTS) is 1. The fourth-order valence-electron chi connectivity index (χ4n) is 4.37. The number of carbonyl (C=O) groups is 2. The number of carboxylic acids is 1. The summed E-state index contributed by atoms with van der Waals surface area (Å²) in [5, 5.41) is 10.3. The summed E-state index contributed by atoms with van der Waals surface area (Å²) < 4.78 is 45.1. The number of nitrogens with one attached hydrogen (secondary N) is 1. The Morgan fingerprint density at radius 2 is 1.90 bits per heavy atom. The quantitative estimate of drug-likeness (QED) is 0.716. The summed E-state index contributed by atoms with van der Waals surface area (Å²) in [6.45, 7) is 3.32. The third kappa shape index (κ3) is 5.74. The van der Waals surface area contributed by atoms with Crippen molar-refractivity contribution in [1.82, 2.24) is 19.8 Å². The van der Waals surface area contributed by atoms with E-state index in [9.17, 15) is 18.0 Å². The van der Waals surface area contributed by atoms with Crippen LogP contribution in [0.25, 0.3) is 0 Å². The van der Waals surface area contributed by atoms with Gasteiger partial charge in [0, 0.05) is 57.9 Å². The molecule has 3 saturated heterocycles. The van der Waals surface area contributed by atoms with Crippen molar-refractivity contribution in [3.05, 3.63) is 18.2 Å². The van der Waals surface area contributed by atoms with Crippen molar-refractivity contribution in [3.63, 3.8) is 0 Å². The molecule has 1 amide bonds. The number of alkyl halides is 3. The number of aliphatic carboxylic acids is 1. The number of aryl methyl sites for hydroxylation is 1. The number of carbonyl (C=O) groups excluding carboxylic acids is 1. The maximum atomic E-state index is 12.6. The highest BCUT2D eigenvalue weighted by molar-refractivity contribution is 5.91. The highest BCUT2D eigenvalue weighted by Crippen LogP contribution is 2.33. The SMILES string of the molecule is Cn1ccnc1C(=O)N[C@@H]1CN(C2CCOCC2)[C@@H]2CCCO[C@@H]21.O=C(O)C(F)(F)F. The van der Waals surface area contributed by atoms with Crippen LogP contribution >= 0.6 is 0 Å². The molecule has 1 aromatic rings. The Kier molecular flexibility index (Phi) is 7.55. The molecule has 3 aliphatic rings. The number of imidazole rings is 1. The van der Waals surface area contributed by atoms with Crippen LogP contribution in [0.4, 0.5) is 13.2 Å². The van der Waals surface area contributed by atoms with E-state index in [1.54, 1.807) is 17.0 Å². The van der Waals surface area contributed by atoms with Gasteiger partial charge in [0.25, 0.3) is 5.91 Å². The second-order valence-corrected chi connectivity index (χ2v) is 7.83. The minimum atomic E-state index is -5.08. The van der Waals surface area contributed by atoms with Gasteiger partial charge < -0.3 is 24.5 Å². The van der Waals surface area contributed by atoms with E-state index in [4.69, 9.17) is 19.4 Å². The van der Waals surface area contributed by atoms with Gasteiger partial charge in [0.15, 0.2) is 5.82 Å². The van der Waals surface area contributed by atoms with E-state index in [0.717, 1.165) is 52.0 Å². The standard InChI is InChI=1S/C17H26N4O3.C2HF3O2/c1-20-7-6-18-16(20)17(22)19-13-11-21(12-4-9-23-10-5-12)14-3-2-8-24-15(13)14;3-2(4,5)1(6)7/h6-7,12-15H,2-5,8-11H2,1H3,(H,19,22);(H,6,7)/t13-,14-,15-;/m1./s1. The lowest BCUT2D eigenvalue weighted by Gasteiger charge is -2.38. The van der Waals surface area contributed by atoms with E-state index in [0.29, 0.717) is 17.9 Å². The molecule has 2 N–H and O–H groups in total. The fraction of sp³-hybridized carbons (Fsp3) is 0.737. The summed E-state index contributed by atoms with van der Waals surface area (Å²) in [5.41, 5.74) is 0. The first kappa shape index (κ1) is 23.5. The van der Waals surface area contributed by atoms with E-state index in [1.807, 2.05) is 7.05 Å². The Morgan fingerprint density at radius 3 is 2.48 bits per heavy atom. The number of hydrogen-bond acceptors (Lipinski definition) is 6. The maximum absolute atomic E-state index is 12.6. The molecular weight excluding hydrogens is 421 g/mol. The molecule has 0 radical (unpaired) electrons. The van der Waals surface area contributed by atoms with Gasteiger partial charge in [-0.25, -0.2) is 9.78 Å². The van der Waals surface area contributed by atoms with Gasteiger partial charge >= 0.3 is 12.1 Å². The van der Waals surface area contributed by atoms with Gasteiger partial charge in [0.2, 0.25) is 0 Å². The van der Waals surface area contributed by atoms with Gasteiger partial charge in [-0.05, 0) is 25.7 Å². The Labute approximate surface area is 177 Å². The number of likely N-dealkylation sites (tertiary alicyclic amines) is 1. The Bertz CT molecular complexity index is 766. The van der Waals surface area contributed by atoms with Crippen molar-refractivity contribution in [1.29, 1.82) is 0 Å². The zero-order valence-electron chi connectivity index (χ0n) is 17.2. The number of aromatic nitrogens is 2. The number of nitrogens with zero attached hydrogens (tertiary/aromatic N) is 3. The van der Waals surface area contributed by atoms with E-state index in [-0.39, 0.29) is 18.1 Å². The first-order valence-corrected chi connectivity index (χ1v) is 10.2. The number of hydrogen-bond donors (Lipinski definition) is 2. The lowest BCUT2D eigenvalue weighted by Crippen LogP contribution is -2.48. The van der Waals surface area contributed by atoms with Crippen molar-refractivity contribution in [2.75, 3.05) is 26.4 Å². The summed E-state index contributed by atoms with van der Waals surface area (Å²) >= 11 is 0. The summed E-state index contributed by atoms with van der Waals surface area (Å²) in [6, 6.07) is 0.985. The molecule has 9 nitrogen and oxygen atoms in total. The van der Waals surface area contributed by atoms with Crippen LogP contribution in [0.1, 0.15) is 36.3 Å². The molecule has 3 aliphatic heterocycles. The predicted octanol–water partition coefficient (Wildman–Crippen LogP) is 1.19. The van der Waals surface area contributed by atoms with Crippen molar-refractivity contribution in [2.24, 2.45) is 7.05 Å². The first-order valence-electron chi connectivity index (χ1n) is 10.2. The van der Waals surface area contributed by atoms with Gasteiger partial charge in [-0.1, -0.05) is 0 Å².